The number of unbranched alkanes of at least 4 members (excludes halogenated alkanes) is 1. The molecule has 1 atom stereocenters. The second-order valence-electron chi connectivity index (χ2n) is 2.43. The van der Waals surface area contributed by atoms with Crippen LogP contribution in [0.25, 0.3) is 0 Å². The summed E-state index contributed by atoms with van der Waals surface area (Å²) in [5.41, 5.74) is 0. The molecule has 0 bridgehead atoms. The Balaban J connectivity index is 4.00. The van der Waals surface area contributed by atoms with Crippen LogP contribution in [0.15, 0.2) is 0 Å². The fraction of sp³-hybridized carbons (Fsp3) is 0.500. The standard InChI is InChI=1S/C8H8F3O4P/c1-2-3-4-5-6-14-16(12,13)15-7-8(9,10)11/h1H,3-4,7H2,(H,12,13). The molecule has 0 aromatic rings. The predicted octanol–water partition coefficient (Wildman–Crippen LogP) is 2.06. The molecule has 0 aromatic heterocycles. The largest absolute Gasteiger partial charge is 0.536 e. The van der Waals surface area contributed by atoms with E-state index < -0.39 is 20.6 Å². The maximum Gasteiger partial charge on any atom is 0.536 e. The zero-order valence-corrected chi connectivity index (χ0v) is 8.85. The Kier molecular flexibility index (Phi) is 5.98. The monoisotopic (exact) mass is 256 g/mol. The third-order valence-electron chi connectivity index (χ3n) is 1.02. The lowest BCUT2D eigenvalue weighted by molar-refractivity contribution is -0.156. The van der Waals surface area contributed by atoms with Crippen LogP contribution >= 0.6 is 7.82 Å². The summed E-state index contributed by atoms with van der Waals surface area (Å²) in [6.07, 6.45) is 2.42. The fourth-order valence-electron chi connectivity index (χ4n) is 0.457. The van der Waals surface area contributed by atoms with Gasteiger partial charge in [-0.25, -0.2) is 4.57 Å². The number of hydrogen-bond acceptors (Lipinski definition) is 3. The van der Waals surface area contributed by atoms with Crippen LogP contribution in [0.1, 0.15) is 12.8 Å². The third kappa shape index (κ3) is 9.42. The molecule has 1 N–H and O–H groups in total. The van der Waals surface area contributed by atoms with E-state index >= 15 is 0 Å². The summed E-state index contributed by atoms with van der Waals surface area (Å²) in [4.78, 5) is 8.70. The molecule has 8 heteroatoms. The van der Waals surface area contributed by atoms with Crippen LogP contribution in [0.4, 0.5) is 13.2 Å². The molecule has 0 saturated heterocycles. The Morgan fingerprint density at radius 1 is 1.38 bits per heavy atom. The third-order valence-corrected chi connectivity index (χ3v) is 1.80. The normalized spacial score (nSPS) is 14.2. The zero-order chi connectivity index (χ0) is 12.7. The average Bonchev–Trinajstić information content (AvgIpc) is 2.14. The van der Waals surface area contributed by atoms with Gasteiger partial charge >= 0.3 is 14.0 Å². The van der Waals surface area contributed by atoms with Crippen molar-refractivity contribution in [1.29, 1.82) is 0 Å². The molecule has 0 amide bonds. The second kappa shape index (κ2) is 6.44. The molecule has 0 fully saturated rings. The zero-order valence-electron chi connectivity index (χ0n) is 7.95. The van der Waals surface area contributed by atoms with Gasteiger partial charge in [-0.2, -0.15) is 13.2 Å². The van der Waals surface area contributed by atoms with Gasteiger partial charge < -0.3 is 4.52 Å². The second-order valence-corrected chi connectivity index (χ2v) is 3.81. The lowest BCUT2D eigenvalue weighted by Gasteiger charge is -2.09. The van der Waals surface area contributed by atoms with Crippen molar-refractivity contribution in [3.8, 4) is 24.4 Å². The minimum absolute atomic E-state index is 0.204. The van der Waals surface area contributed by atoms with Crippen molar-refractivity contribution >= 4 is 7.82 Å². The molecule has 1 unspecified atom stereocenters. The van der Waals surface area contributed by atoms with Crippen molar-refractivity contribution < 1.29 is 31.7 Å². The van der Waals surface area contributed by atoms with Crippen molar-refractivity contribution in [2.45, 2.75) is 19.0 Å². The molecule has 16 heavy (non-hydrogen) atoms. The van der Waals surface area contributed by atoms with Gasteiger partial charge in [-0.15, -0.1) is 12.3 Å². The Morgan fingerprint density at radius 2 is 2.00 bits per heavy atom. The van der Waals surface area contributed by atoms with Gasteiger partial charge in [0.15, 0.2) is 6.61 Å². The average molecular weight is 256 g/mol. The number of phosphoric ester groups is 1. The molecular weight excluding hydrogens is 248 g/mol. The van der Waals surface area contributed by atoms with E-state index in [-0.39, 0.29) is 6.42 Å². The van der Waals surface area contributed by atoms with Gasteiger partial charge in [-0.05, 0) is 0 Å². The van der Waals surface area contributed by atoms with E-state index in [0.717, 1.165) is 0 Å². The van der Waals surface area contributed by atoms with Crippen molar-refractivity contribution in [2.24, 2.45) is 0 Å². The SMILES string of the molecule is C#CCCC#COP(=O)(O)OCC(F)(F)F. The van der Waals surface area contributed by atoms with Gasteiger partial charge in [0.2, 0.25) is 0 Å². The Hall–Kier alpha value is -1.14. The van der Waals surface area contributed by atoms with E-state index in [1.807, 2.05) is 0 Å². The Morgan fingerprint density at radius 3 is 2.50 bits per heavy atom. The van der Waals surface area contributed by atoms with E-state index in [4.69, 9.17) is 11.3 Å². The summed E-state index contributed by atoms with van der Waals surface area (Å²) in [6.45, 7) is -1.88. The molecule has 0 saturated carbocycles. The van der Waals surface area contributed by atoms with E-state index in [1.54, 1.807) is 6.11 Å². The van der Waals surface area contributed by atoms with Gasteiger partial charge in [0.05, 0.1) is 0 Å². The lowest BCUT2D eigenvalue weighted by Crippen LogP contribution is -2.16. The maximum absolute atomic E-state index is 11.6. The lowest BCUT2D eigenvalue weighted by atomic mass is 10.3. The van der Waals surface area contributed by atoms with Crippen molar-refractivity contribution in [3.63, 3.8) is 0 Å². The summed E-state index contributed by atoms with van der Waals surface area (Å²) in [5, 5.41) is 0. The highest BCUT2D eigenvalue weighted by Gasteiger charge is 2.34. The van der Waals surface area contributed by atoms with Crippen molar-refractivity contribution in [3.05, 3.63) is 0 Å². The fourth-order valence-corrected chi connectivity index (χ4v) is 0.999. The summed E-state index contributed by atoms with van der Waals surface area (Å²) >= 11 is 0. The minimum atomic E-state index is -4.78. The van der Waals surface area contributed by atoms with E-state index in [0.29, 0.717) is 6.42 Å². The van der Waals surface area contributed by atoms with Gasteiger partial charge in [0.1, 0.15) is 6.11 Å². The number of hydrogen-bond donors (Lipinski definition) is 1. The maximum atomic E-state index is 11.6. The van der Waals surface area contributed by atoms with Gasteiger partial charge in [0.25, 0.3) is 0 Å². The van der Waals surface area contributed by atoms with E-state index in [9.17, 15) is 17.7 Å². The van der Waals surface area contributed by atoms with Crippen LogP contribution in [-0.4, -0.2) is 17.7 Å². The number of phosphoric acid groups is 1. The van der Waals surface area contributed by atoms with Gasteiger partial charge in [0, 0.05) is 12.8 Å². The molecule has 90 valence electrons. The molecular formula is C8H8F3O4P. The van der Waals surface area contributed by atoms with Crippen LogP contribution in [0.3, 0.4) is 0 Å². The highest BCUT2D eigenvalue weighted by molar-refractivity contribution is 7.47. The van der Waals surface area contributed by atoms with Gasteiger partial charge in [-0.1, -0.05) is 5.92 Å². The molecule has 0 heterocycles. The van der Waals surface area contributed by atoms with Crippen LogP contribution < -0.4 is 0 Å². The molecule has 0 aromatic carbocycles. The minimum Gasteiger partial charge on any atom is -0.350 e. The Labute approximate surface area is 90.4 Å². The van der Waals surface area contributed by atoms with Crippen LogP contribution in [0, 0.1) is 24.4 Å². The van der Waals surface area contributed by atoms with E-state index in [1.165, 1.54) is 0 Å². The number of terminal acetylenes is 1. The number of halogens is 3. The first-order valence-electron chi connectivity index (χ1n) is 3.91. The smallest absolute Gasteiger partial charge is 0.350 e. The first-order chi connectivity index (χ1) is 7.27. The van der Waals surface area contributed by atoms with E-state index in [2.05, 4.69) is 20.9 Å². The van der Waals surface area contributed by atoms with Crippen LogP contribution in [0.2, 0.25) is 0 Å². The van der Waals surface area contributed by atoms with Crippen molar-refractivity contribution in [1.82, 2.24) is 0 Å². The molecule has 0 aliphatic carbocycles. The summed E-state index contributed by atoms with van der Waals surface area (Å²) in [5.74, 6) is 4.47. The van der Waals surface area contributed by atoms with Crippen LogP contribution in [0.5, 0.6) is 0 Å². The summed E-state index contributed by atoms with van der Waals surface area (Å²) in [7, 11) is -4.78. The summed E-state index contributed by atoms with van der Waals surface area (Å²) < 4.78 is 53.1. The first kappa shape index (κ1) is 14.9. The molecule has 0 rings (SSSR count). The topological polar surface area (TPSA) is 55.8 Å². The number of rotatable bonds is 4. The Bertz CT molecular complexity index is 360. The van der Waals surface area contributed by atoms with Gasteiger partial charge in [-0.3, -0.25) is 9.42 Å². The molecule has 0 aliphatic rings. The highest BCUT2D eigenvalue weighted by Crippen LogP contribution is 2.43. The molecule has 0 spiro atoms. The quantitative estimate of drug-likeness (QED) is 0.475. The first-order valence-corrected chi connectivity index (χ1v) is 5.40. The van der Waals surface area contributed by atoms with Crippen LogP contribution in [-0.2, 0) is 13.6 Å². The summed E-state index contributed by atoms with van der Waals surface area (Å²) in [6, 6.07) is 0. The molecule has 0 aliphatic heterocycles. The molecule has 0 radical (unpaired) electrons. The number of alkyl halides is 3. The highest BCUT2D eigenvalue weighted by atomic mass is 31.2. The molecule has 4 nitrogen and oxygen atoms in total. The predicted molar refractivity (Wildman–Crippen MR) is 48.8 cm³/mol. The van der Waals surface area contributed by atoms with Crippen molar-refractivity contribution in [2.75, 3.05) is 6.61 Å².